The number of carbonyl (C=O) groups excluding carboxylic acids is 2. The third kappa shape index (κ3) is 7.38. The molecule has 0 saturated carbocycles. The highest BCUT2D eigenvalue weighted by molar-refractivity contribution is 5.98. The van der Waals surface area contributed by atoms with Crippen molar-refractivity contribution in [3.05, 3.63) is 71.8 Å². The van der Waals surface area contributed by atoms with Crippen molar-refractivity contribution < 1.29 is 9.59 Å². The van der Waals surface area contributed by atoms with E-state index in [1.54, 1.807) is 0 Å². The maximum Gasteiger partial charge on any atom is 0.251 e. The van der Waals surface area contributed by atoms with E-state index in [1.165, 1.54) is 19.3 Å². The first-order chi connectivity index (χ1) is 23.0. The fraction of sp³-hybridized carbons (Fsp3) is 0.389. The van der Waals surface area contributed by atoms with Gasteiger partial charge in [0.1, 0.15) is 11.6 Å². The van der Waals surface area contributed by atoms with Crippen LogP contribution in [0.3, 0.4) is 0 Å². The van der Waals surface area contributed by atoms with E-state index in [-0.39, 0.29) is 11.8 Å². The van der Waals surface area contributed by atoms with Crippen molar-refractivity contribution in [3.8, 4) is 22.8 Å². The molecule has 11 nitrogen and oxygen atoms in total. The van der Waals surface area contributed by atoms with Gasteiger partial charge in [-0.1, -0.05) is 30.7 Å². The predicted octanol–water partition coefficient (Wildman–Crippen LogP) is 3.97. The first kappa shape index (κ1) is 31.0. The number of carbonyl (C=O) groups is 2. The van der Waals surface area contributed by atoms with Gasteiger partial charge in [0.2, 0.25) is 0 Å². The van der Waals surface area contributed by atoms with Crippen LogP contribution in [0.5, 0.6) is 0 Å². The molecule has 5 aromatic rings. The summed E-state index contributed by atoms with van der Waals surface area (Å²) in [5.41, 5.74) is 6.37. The lowest BCUT2D eigenvalue weighted by atomic mass is 10.1. The van der Waals surface area contributed by atoms with Crippen molar-refractivity contribution in [1.82, 2.24) is 45.3 Å². The summed E-state index contributed by atoms with van der Waals surface area (Å²) in [5.74, 6) is 1.33. The summed E-state index contributed by atoms with van der Waals surface area (Å²) in [6.45, 7) is 9.47. The van der Waals surface area contributed by atoms with E-state index in [1.807, 2.05) is 60.7 Å². The summed E-state index contributed by atoms with van der Waals surface area (Å²) < 4.78 is 0. The smallest absolute Gasteiger partial charge is 0.251 e. The Hall–Kier alpha value is -4.58. The van der Waals surface area contributed by atoms with E-state index >= 15 is 0 Å². The second kappa shape index (κ2) is 14.0. The topological polar surface area (TPSA) is 125 Å². The van der Waals surface area contributed by atoms with Gasteiger partial charge >= 0.3 is 0 Å². The molecule has 4 heterocycles. The van der Waals surface area contributed by atoms with Crippen molar-refractivity contribution in [2.45, 2.75) is 19.3 Å². The Morgan fingerprint density at radius 2 is 1.11 bits per heavy atom. The summed E-state index contributed by atoms with van der Waals surface area (Å²) in [5, 5.41) is 6.12. The van der Waals surface area contributed by atoms with E-state index in [0.717, 1.165) is 97.2 Å². The van der Waals surface area contributed by atoms with E-state index in [2.05, 4.69) is 42.3 Å². The van der Waals surface area contributed by atoms with E-state index < -0.39 is 0 Å². The molecule has 2 amide bonds. The molecule has 244 valence electrons. The Bertz CT molecular complexity index is 1850. The van der Waals surface area contributed by atoms with Crippen molar-refractivity contribution in [2.75, 3.05) is 72.5 Å². The lowest BCUT2D eigenvalue weighted by Gasteiger charge is -2.32. The quantitative estimate of drug-likeness (QED) is 0.184. The van der Waals surface area contributed by atoms with Crippen molar-refractivity contribution in [2.24, 2.45) is 0 Å². The second-order valence-electron chi connectivity index (χ2n) is 12.8. The Morgan fingerprint density at radius 3 is 1.60 bits per heavy atom. The first-order valence-corrected chi connectivity index (χ1v) is 16.8. The van der Waals surface area contributed by atoms with Gasteiger partial charge in [-0.25, -0.2) is 9.97 Å². The van der Waals surface area contributed by atoms with Crippen LogP contribution in [0.25, 0.3) is 44.8 Å². The third-order valence-electron chi connectivity index (χ3n) is 9.39. The van der Waals surface area contributed by atoms with Crippen molar-refractivity contribution in [3.63, 3.8) is 0 Å². The Morgan fingerprint density at radius 1 is 0.638 bits per heavy atom. The fourth-order valence-corrected chi connectivity index (χ4v) is 6.47. The molecule has 2 aromatic heterocycles. The minimum atomic E-state index is -0.0759. The molecule has 0 atom stereocenters. The number of amides is 2. The van der Waals surface area contributed by atoms with Gasteiger partial charge in [0, 0.05) is 74.6 Å². The monoisotopic (exact) mass is 633 g/mol. The summed E-state index contributed by atoms with van der Waals surface area (Å²) in [7, 11) is 2.14. The van der Waals surface area contributed by atoms with Gasteiger partial charge in [-0.05, 0) is 69.4 Å². The van der Waals surface area contributed by atoms with Crippen LogP contribution in [-0.2, 0) is 0 Å². The second-order valence-corrected chi connectivity index (χ2v) is 12.8. The van der Waals surface area contributed by atoms with Crippen LogP contribution < -0.4 is 10.6 Å². The van der Waals surface area contributed by atoms with Crippen LogP contribution in [0.2, 0.25) is 0 Å². The fourth-order valence-electron chi connectivity index (χ4n) is 6.47. The number of hydrogen-bond acceptors (Lipinski definition) is 7. The largest absolute Gasteiger partial charge is 0.351 e. The number of likely N-dealkylation sites (N-methyl/N-ethyl adjacent to an activating group) is 1. The lowest BCUT2D eigenvalue weighted by molar-refractivity contribution is 0.0935. The highest BCUT2D eigenvalue weighted by Gasteiger charge is 2.16. The number of piperazine rings is 1. The molecule has 0 bridgehead atoms. The maximum absolute atomic E-state index is 12.8. The van der Waals surface area contributed by atoms with Gasteiger partial charge in [0.25, 0.3) is 11.8 Å². The number of likely N-dealkylation sites (tertiary alicyclic amines) is 1. The van der Waals surface area contributed by atoms with E-state index in [9.17, 15) is 9.59 Å². The Balaban J connectivity index is 0.968. The highest BCUT2D eigenvalue weighted by Crippen LogP contribution is 2.26. The number of nitrogens with zero attached hydrogens (tertiary/aromatic N) is 5. The third-order valence-corrected chi connectivity index (χ3v) is 9.39. The zero-order valence-electron chi connectivity index (χ0n) is 27.0. The number of H-pyrrole nitrogens is 2. The summed E-state index contributed by atoms with van der Waals surface area (Å²) in [4.78, 5) is 49.1. The SMILES string of the molecule is CN1CCN(CCNC(=O)c2ccc3nc(-c4ccc(-c5nc6ccc(C(=O)NCCN7CCCCC7)cc6[nH]5)cc4)[nH]c3c2)CC1. The molecular weight excluding hydrogens is 590 g/mol. The minimum Gasteiger partial charge on any atom is -0.351 e. The standard InChI is InChI=1S/C36H43N9O2/c1-43-19-21-45(22-20-43)18-14-38-36(47)28-10-12-30-32(24-28)42-34(40-30)26-7-5-25(6-8-26)33-39-29-11-9-27(23-31(29)41-33)35(46)37-13-17-44-15-3-2-4-16-44/h5-12,23-24H,2-4,13-22H2,1H3,(H,37,46)(H,38,47)(H,39,41)(H,40,42). The number of imidazole rings is 2. The molecule has 7 rings (SSSR count). The zero-order chi connectivity index (χ0) is 32.2. The molecule has 4 N–H and O–H groups in total. The number of rotatable bonds is 10. The molecule has 11 heteroatoms. The van der Waals surface area contributed by atoms with Gasteiger partial charge in [0.05, 0.1) is 22.1 Å². The summed E-state index contributed by atoms with van der Waals surface area (Å²) in [6, 6.07) is 19.2. The average molecular weight is 634 g/mol. The van der Waals surface area contributed by atoms with Crippen LogP contribution in [0, 0.1) is 0 Å². The van der Waals surface area contributed by atoms with E-state index in [0.29, 0.717) is 24.2 Å². The van der Waals surface area contributed by atoms with Crippen molar-refractivity contribution in [1.29, 1.82) is 0 Å². The minimum absolute atomic E-state index is 0.0655. The van der Waals surface area contributed by atoms with Crippen LogP contribution in [0.4, 0.5) is 0 Å². The maximum atomic E-state index is 12.8. The van der Waals surface area contributed by atoms with Gasteiger partial charge < -0.3 is 30.4 Å². The van der Waals surface area contributed by atoms with Crippen LogP contribution >= 0.6 is 0 Å². The average Bonchev–Trinajstić information content (AvgIpc) is 3.73. The normalized spacial score (nSPS) is 16.5. The van der Waals surface area contributed by atoms with E-state index in [4.69, 9.17) is 9.97 Å². The number of aromatic amines is 2. The number of aromatic nitrogens is 4. The molecule has 2 saturated heterocycles. The molecule has 0 aliphatic carbocycles. The van der Waals surface area contributed by atoms with Gasteiger partial charge in [-0.15, -0.1) is 0 Å². The number of fused-ring (bicyclic) bond motifs is 2. The first-order valence-electron chi connectivity index (χ1n) is 16.8. The highest BCUT2D eigenvalue weighted by atomic mass is 16.2. The summed E-state index contributed by atoms with van der Waals surface area (Å²) in [6.07, 6.45) is 3.80. The summed E-state index contributed by atoms with van der Waals surface area (Å²) >= 11 is 0. The van der Waals surface area contributed by atoms with Crippen molar-refractivity contribution >= 4 is 33.9 Å². The predicted molar refractivity (Wildman–Crippen MR) is 186 cm³/mol. The molecule has 2 aliphatic heterocycles. The molecule has 2 aliphatic rings. The molecule has 0 spiro atoms. The Kier molecular flexibility index (Phi) is 9.27. The molecule has 47 heavy (non-hydrogen) atoms. The number of benzene rings is 3. The molecule has 0 unspecified atom stereocenters. The molecule has 3 aromatic carbocycles. The number of nitrogens with one attached hydrogen (secondary N) is 4. The molecule has 2 fully saturated rings. The van der Waals surface area contributed by atoms with Crippen LogP contribution in [0.15, 0.2) is 60.7 Å². The van der Waals surface area contributed by atoms with Crippen LogP contribution in [-0.4, -0.2) is 119 Å². The lowest BCUT2D eigenvalue weighted by Crippen LogP contribution is -2.46. The van der Waals surface area contributed by atoms with Crippen LogP contribution in [0.1, 0.15) is 40.0 Å². The zero-order valence-corrected chi connectivity index (χ0v) is 27.0. The van der Waals surface area contributed by atoms with Gasteiger partial charge in [-0.3, -0.25) is 14.5 Å². The number of piperidine rings is 1. The number of hydrogen-bond donors (Lipinski definition) is 4. The molecular formula is C36H43N9O2. The van der Waals surface area contributed by atoms with Gasteiger partial charge in [-0.2, -0.15) is 0 Å². The van der Waals surface area contributed by atoms with Gasteiger partial charge in [0.15, 0.2) is 0 Å². The molecule has 0 radical (unpaired) electrons. The Labute approximate surface area is 274 Å².